The average molecular weight is 316 g/mol. The van der Waals surface area contributed by atoms with Gasteiger partial charge in [0.15, 0.2) is 0 Å². The number of hydrogen-bond acceptors (Lipinski definition) is 7. The zero-order valence-corrected chi connectivity index (χ0v) is 12.9. The fourth-order valence-electron chi connectivity index (χ4n) is 3.13. The zero-order chi connectivity index (χ0) is 15.6. The van der Waals surface area contributed by atoms with E-state index in [1.807, 2.05) is 16.9 Å². The van der Waals surface area contributed by atoms with Gasteiger partial charge in [0, 0.05) is 31.3 Å². The topological polar surface area (TPSA) is 79.5 Å². The van der Waals surface area contributed by atoms with Crippen LogP contribution < -0.4 is 9.80 Å². The molecule has 0 aromatic carbocycles. The van der Waals surface area contributed by atoms with E-state index in [2.05, 4.69) is 24.9 Å². The molecular weight excluding hydrogens is 296 g/mol. The number of aliphatic hydroxyl groups excluding tert-OH is 1. The number of rotatable bonds is 4. The first-order valence-corrected chi connectivity index (χ1v) is 7.89. The molecule has 2 aliphatic rings. The molecule has 0 bridgehead atoms. The van der Waals surface area contributed by atoms with Crippen molar-refractivity contribution >= 4 is 11.6 Å². The van der Waals surface area contributed by atoms with Crippen LogP contribution in [-0.4, -0.2) is 57.8 Å². The van der Waals surface area contributed by atoms with Gasteiger partial charge in [-0.3, -0.25) is 4.68 Å². The number of hydrogen-bond donors (Lipinski definition) is 1. The second-order valence-corrected chi connectivity index (χ2v) is 5.75. The van der Waals surface area contributed by atoms with E-state index in [1.54, 1.807) is 6.33 Å². The lowest BCUT2D eigenvalue weighted by molar-refractivity contribution is 0.122. The molecule has 0 spiro atoms. The highest BCUT2D eigenvalue weighted by Crippen LogP contribution is 2.28. The molecule has 23 heavy (non-hydrogen) atoms. The number of fused-ring (bicyclic) bond motifs is 1. The Hall–Kier alpha value is -2.19. The maximum Gasteiger partial charge on any atom is 0.134 e. The van der Waals surface area contributed by atoms with Crippen LogP contribution in [0.5, 0.6) is 0 Å². The van der Waals surface area contributed by atoms with E-state index in [-0.39, 0.29) is 6.61 Å². The standard InChI is InChI=1S/C15H20N6O2/c22-4-1-21-13-10-20(9-12(13)8-18-21)15-7-14(16-11-17-15)19-2-5-23-6-3-19/h7-8,11,22H,1-6,9-10H2. The Morgan fingerprint density at radius 2 is 1.87 bits per heavy atom. The Labute approximate surface area is 134 Å². The van der Waals surface area contributed by atoms with E-state index >= 15 is 0 Å². The predicted octanol–water partition coefficient (Wildman–Crippen LogP) is 0.0222. The number of nitrogens with zero attached hydrogens (tertiary/aromatic N) is 6. The highest BCUT2D eigenvalue weighted by molar-refractivity contribution is 5.52. The minimum atomic E-state index is 0.100. The van der Waals surface area contributed by atoms with Crippen LogP contribution in [-0.2, 0) is 24.4 Å². The van der Waals surface area contributed by atoms with E-state index in [9.17, 15) is 0 Å². The molecule has 122 valence electrons. The lowest BCUT2D eigenvalue weighted by Crippen LogP contribution is -2.36. The van der Waals surface area contributed by atoms with Gasteiger partial charge in [0.1, 0.15) is 18.0 Å². The van der Waals surface area contributed by atoms with Crippen molar-refractivity contribution in [1.29, 1.82) is 0 Å². The van der Waals surface area contributed by atoms with E-state index in [1.165, 1.54) is 5.56 Å². The summed E-state index contributed by atoms with van der Waals surface area (Å²) in [7, 11) is 0. The van der Waals surface area contributed by atoms with Gasteiger partial charge >= 0.3 is 0 Å². The van der Waals surface area contributed by atoms with Gasteiger partial charge in [-0.2, -0.15) is 5.10 Å². The lowest BCUT2D eigenvalue weighted by Gasteiger charge is -2.28. The smallest absolute Gasteiger partial charge is 0.134 e. The second-order valence-electron chi connectivity index (χ2n) is 5.75. The molecule has 0 saturated carbocycles. The van der Waals surface area contributed by atoms with E-state index in [0.29, 0.717) is 6.54 Å². The molecule has 4 rings (SSSR count). The molecule has 0 unspecified atom stereocenters. The third kappa shape index (κ3) is 2.75. The monoisotopic (exact) mass is 316 g/mol. The van der Waals surface area contributed by atoms with E-state index in [4.69, 9.17) is 9.84 Å². The summed E-state index contributed by atoms with van der Waals surface area (Å²) in [6, 6.07) is 2.04. The van der Waals surface area contributed by atoms with Gasteiger partial charge in [0.05, 0.1) is 44.8 Å². The summed E-state index contributed by atoms with van der Waals surface area (Å²) in [5, 5.41) is 13.4. The van der Waals surface area contributed by atoms with Gasteiger partial charge in [-0.05, 0) is 0 Å². The molecule has 0 aliphatic carbocycles. The lowest BCUT2D eigenvalue weighted by atomic mass is 10.3. The van der Waals surface area contributed by atoms with E-state index in [0.717, 1.165) is 56.7 Å². The molecular formula is C15H20N6O2. The Bertz CT molecular complexity index is 682. The van der Waals surface area contributed by atoms with Crippen molar-refractivity contribution in [3.63, 3.8) is 0 Å². The third-order valence-corrected chi connectivity index (χ3v) is 4.35. The molecule has 8 nitrogen and oxygen atoms in total. The highest BCUT2D eigenvalue weighted by atomic mass is 16.5. The van der Waals surface area contributed by atoms with Crippen LogP contribution in [0.4, 0.5) is 11.6 Å². The fraction of sp³-hybridized carbons (Fsp3) is 0.533. The number of aromatic nitrogens is 4. The quantitative estimate of drug-likeness (QED) is 0.852. The first kappa shape index (κ1) is 14.4. The largest absolute Gasteiger partial charge is 0.394 e. The molecule has 1 N–H and O–H groups in total. The summed E-state index contributed by atoms with van der Waals surface area (Å²) in [5.41, 5.74) is 2.36. The maximum atomic E-state index is 9.12. The Balaban J connectivity index is 1.53. The van der Waals surface area contributed by atoms with Gasteiger partial charge in [0.2, 0.25) is 0 Å². The molecule has 2 aromatic heterocycles. The number of morpholine rings is 1. The molecule has 0 amide bonds. The van der Waals surface area contributed by atoms with Crippen LogP contribution in [0.2, 0.25) is 0 Å². The fourth-order valence-corrected chi connectivity index (χ4v) is 3.13. The van der Waals surface area contributed by atoms with Crippen molar-refractivity contribution < 1.29 is 9.84 Å². The zero-order valence-electron chi connectivity index (χ0n) is 12.9. The van der Waals surface area contributed by atoms with Gasteiger partial charge in [0.25, 0.3) is 0 Å². The first-order valence-electron chi connectivity index (χ1n) is 7.89. The predicted molar refractivity (Wildman–Crippen MR) is 84.3 cm³/mol. The molecule has 8 heteroatoms. The normalized spacial score (nSPS) is 17.6. The summed E-state index contributed by atoms with van der Waals surface area (Å²) in [6.07, 6.45) is 3.51. The van der Waals surface area contributed by atoms with Crippen LogP contribution in [0.1, 0.15) is 11.3 Å². The van der Waals surface area contributed by atoms with Crippen molar-refractivity contribution in [3.8, 4) is 0 Å². The van der Waals surface area contributed by atoms with Crippen LogP contribution >= 0.6 is 0 Å². The van der Waals surface area contributed by atoms with Gasteiger partial charge in [-0.1, -0.05) is 0 Å². The van der Waals surface area contributed by atoms with Crippen LogP contribution in [0.25, 0.3) is 0 Å². The summed E-state index contributed by atoms with van der Waals surface area (Å²) in [4.78, 5) is 13.3. The van der Waals surface area contributed by atoms with Crippen LogP contribution in [0, 0.1) is 0 Å². The third-order valence-electron chi connectivity index (χ3n) is 4.35. The minimum absolute atomic E-state index is 0.100. The minimum Gasteiger partial charge on any atom is -0.394 e. The average Bonchev–Trinajstić information content (AvgIpc) is 3.18. The van der Waals surface area contributed by atoms with Crippen molar-refractivity contribution in [3.05, 3.63) is 29.8 Å². The molecule has 0 radical (unpaired) electrons. The van der Waals surface area contributed by atoms with Gasteiger partial charge in [-0.15, -0.1) is 0 Å². The Morgan fingerprint density at radius 3 is 2.65 bits per heavy atom. The molecule has 4 heterocycles. The number of ether oxygens (including phenoxy) is 1. The van der Waals surface area contributed by atoms with Gasteiger partial charge in [-0.25, -0.2) is 9.97 Å². The maximum absolute atomic E-state index is 9.12. The summed E-state index contributed by atoms with van der Waals surface area (Å²) >= 11 is 0. The first-order chi connectivity index (χ1) is 11.3. The Kier molecular flexibility index (Phi) is 3.84. The number of aliphatic hydroxyl groups is 1. The summed E-state index contributed by atoms with van der Waals surface area (Å²) in [6.45, 7) is 5.39. The van der Waals surface area contributed by atoms with Crippen molar-refractivity contribution in [2.45, 2.75) is 19.6 Å². The van der Waals surface area contributed by atoms with Crippen molar-refractivity contribution in [1.82, 2.24) is 19.7 Å². The second kappa shape index (κ2) is 6.13. The highest BCUT2D eigenvalue weighted by Gasteiger charge is 2.25. The van der Waals surface area contributed by atoms with Gasteiger partial charge < -0.3 is 19.6 Å². The van der Waals surface area contributed by atoms with Crippen LogP contribution in [0.3, 0.4) is 0 Å². The summed E-state index contributed by atoms with van der Waals surface area (Å²) in [5.74, 6) is 1.87. The SMILES string of the molecule is OCCn1ncc2c1CN(c1cc(N3CCOCC3)ncn1)C2. The molecule has 2 aromatic rings. The van der Waals surface area contributed by atoms with Crippen molar-refractivity contribution in [2.75, 3.05) is 42.7 Å². The van der Waals surface area contributed by atoms with Crippen LogP contribution in [0.15, 0.2) is 18.6 Å². The Morgan fingerprint density at radius 1 is 1.09 bits per heavy atom. The molecule has 0 atom stereocenters. The van der Waals surface area contributed by atoms with E-state index < -0.39 is 0 Å². The molecule has 1 saturated heterocycles. The number of anilines is 2. The molecule has 1 fully saturated rings. The molecule has 2 aliphatic heterocycles. The van der Waals surface area contributed by atoms with Crippen molar-refractivity contribution in [2.24, 2.45) is 0 Å². The summed E-state index contributed by atoms with van der Waals surface area (Å²) < 4.78 is 7.27.